The van der Waals surface area contributed by atoms with Crippen LogP contribution < -0.4 is 0 Å². The van der Waals surface area contributed by atoms with E-state index in [0.717, 1.165) is 21.9 Å². The summed E-state index contributed by atoms with van der Waals surface area (Å²) >= 11 is 11.9. The number of aromatic nitrogens is 5. The van der Waals surface area contributed by atoms with E-state index in [1.807, 2.05) is 0 Å². The number of H-pyrrole nitrogens is 1. The van der Waals surface area contributed by atoms with Crippen molar-refractivity contribution in [3.63, 3.8) is 0 Å². The SMILES string of the molecule is Cn1c(Sc2cnc(=S)[nH]c2-c2ccc(Cl)cc2)nnc1C(F)(F)F. The Kier molecular flexibility index (Phi) is 4.85. The van der Waals surface area contributed by atoms with E-state index >= 15 is 0 Å². The molecule has 0 unspecified atom stereocenters. The van der Waals surface area contributed by atoms with Gasteiger partial charge in [-0.2, -0.15) is 13.2 Å². The summed E-state index contributed by atoms with van der Waals surface area (Å²) in [5, 5.41) is 7.47. The number of alkyl halides is 3. The predicted octanol–water partition coefficient (Wildman–Crippen LogP) is 4.76. The number of benzene rings is 1. The average molecular weight is 404 g/mol. The first kappa shape index (κ1) is 17.9. The van der Waals surface area contributed by atoms with Crippen molar-refractivity contribution in [2.24, 2.45) is 7.05 Å². The number of rotatable bonds is 3. The molecule has 3 rings (SSSR count). The maximum Gasteiger partial charge on any atom is 0.451 e. The number of hydrogen-bond donors (Lipinski definition) is 1. The summed E-state index contributed by atoms with van der Waals surface area (Å²) < 4.78 is 39.7. The van der Waals surface area contributed by atoms with Crippen molar-refractivity contribution < 1.29 is 13.2 Å². The molecule has 0 radical (unpaired) electrons. The van der Waals surface area contributed by atoms with Crippen LogP contribution in [-0.2, 0) is 13.2 Å². The minimum atomic E-state index is -4.57. The van der Waals surface area contributed by atoms with Crippen LogP contribution in [0, 0.1) is 4.77 Å². The molecule has 0 fully saturated rings. The fourth-order valence-electron chi connectivity index (χ4n) is 2.04. The van der Waals surface area contributed by atoms with Crippen LogP contribution in [0.5, 0.6) is 0 Å². The second-order valence-corrected chi connectivity index (χ2v) is 6.73. The zero-order valence-electron chi connectivity index (χ0n) is 12.5. The molecule has 25 heavy (non-hydrogen) atoms. The van der Waals surface area contributed by atoms with Gasteiger partial charge in [0.1, 0.15) is 0 Å². The summed E-state index contributed by atoms with van der Waals surface area (Å²) in [4.78, 5) is 7.50. The van der Waals surface area contributed by atoms with Crippen LogP contribution in [0.25, 0.3) is 11.3 Å². The van der Waals surface area contributed by atoms with Gasteiger partial charge >= 0.3 is 6.18 Å². The van der Waals surface area contributed by atoms with Gasteiger partial charge in [0.2, 0.25) is 5.82 Å². The summed E-state index contributed by atoms with van der Waals surface area (Å²) in [5.74, 6) is -1.07. The molecule has 1 N–H and O–H groups in total. The zero-order chi connectivity index (χ0) is 18.2. The molecule has 3 aromatic rings. The molecule has 5 nitrogen and oxygen atoms in total. The molecular weight excluding hydrogens is 395 g/mol. The minimum Gasteiger partial charge on any atom is -0.329 e. The van der Waals surface area contributed by atoms with Gasteiger partial charge in [-0.1, -0.05) is 23.7 Å². The van der Waals surface area contributed by atoms with Crippen molar-refractivity contribution >= 4 is 35.6 Å². The smallest absolute Gasteiger partial charge is 0.329 e. The normalized spacial score (nSPS) is 11.7. The molecule has 1 aromatic carbocycles. The zero-order valence-corrected chi connectivity index (χ0v) is 14.9. The lowest BCUT2D eigenvalue weighted by molar-refractivity contribution is -0.147. The Balaban J connectivity index is 2.03. The second-order valence-electron chi connectivity index (χ2n) is 4.90. The van der Waals surface area contributed by atoms with E-state index in [2.05, 4.69) is 20.2 Å². The Morgan fingerprint density at radius 3 is 2.48 bits per heavy atom. The highest BCUT2D eigenvalue weighted by molar-refractivity contribution is 7.99. The first-order valence-electron chi connectivity index (χ1n) is 6.75. The van der Waals surface area contributed by atoms with Gasteiger partial charge in [0.15, 0.2) is 9.93 Å². The Morgan fingerprint density at radius 2 is 1.88 bits per heavy atom. The van der Waals surface area contributed by atoms with Crippen molar-refractivity contribution in [2.75, 3.05) is 0 Å². The van der Waals surface area contributed by atoms with Gasteiger partial charge < -0.3 is 9.55 Å². The highest BCUT2D eigenvalue weighted by Gasteiger charge is 2.37. The molecule has 0 atom stereocenters. The Hall–Kier alpha value is -1.91. The molecule has 0 amide bonds. The molecule has 130 valence electrons. The highest BCUT2D eigenvalue weighted by Crippen LogP contribution is 2.36. The van der Waals surface area contributed by atoms with Crippen LogP contribution in [-0.4, -0.2) is 24.7 Å². The fraction of sp³-hybridized carbons (Fsp3) is 0.143. The molecule has 0 aliphatic rings. The van der Waals surface area contributed by atoms with E-state index in [1.54, 1.807) is 24.3 Å². The van der Waals surface area contributed by atoms with Crippen LogP contribution in [0.4, 0.5) is 13.2 Å². The van der Waals surface area contributed by atoms with Crippen molar-refractivity contribution in [3.8, 4) is 11.3 Å². The molecular formula is C14H9ClF3N5S2. The second kappa shape index (κ2) is 6.77. The van der Waals surface area contributed by atoms with Crippen molar-refractivity contribution in [2.45, 2.75) is 16.2 Å². The van der Waals surface area contributed by atoms with Crippen molar-refractivity contribution in [1.29, 1.82) is 0 Å². The van der Waals surface area contributed by atoms with Crippen LogP contribution in [0.3, 0.4) is 0 Å². The largest absolute Gasteiger partial charge is 0.451 e. The quantitative estimate of drug-likeness (QED) is 0.639. The molecule has 0 saturated heterocycles. The Labute approximate surface area is 154 Å². The number of hydrogen-bond acceptors (Lipinski definition) is 5. The average Bonchev–Trinajstić information content (AvgIpc) is 2.91. The summed E-state index contributed by atoms with van der Waals surface area (Å²) in [6.07, 6.45) is -3.09. The first-order chi connectivity index (χ1) is 11.8. The lowest BCUT2D eigenvalue weighted by Crippen LogP contribution is -2.12. The maximum atomic E-state index is 12.9. The first-order valence-corrected chi connectivity index (χ1v) is 8.35. The van der Waals surface area contributed by atoms with Gasteiger partial charge in [-0.25, -0.2) is 4.98 Å². The molecule has 11 heteroatoms. The van der Waals surface area contributed by atoms with Gasteiger partial charge in [-0.05, 0) is 41.7 Å². The van der Waals surface area contributed by atoms with E-state index in [1.165, 1.54) is 13.2 Å². The summed E-state index contributed by atoms with van der Waals surface area (Å²) in [7, 11) is 1.26. The summed E-state index contributed by atoms with van der Waals surface area (Å²) in [5.41, 5.74) is 1.37. The third-order valence-electron chi connectivity index (χ3n) is 3.20. The molecule has 0 saturated carbocycles. The van der Waals surface area contributed by atoms with Crippen LogP contribution in [0.2, 0.25) is 5.02 Å². The standard InChI is InChI=1S/C14H9ClF3N5S2/c1-23-11(14(16,17)18)21-22-13(23)25-9-6-19-12(24)20-10(9)7-2-4-8(15)5-3-7/h2-6H,1H3,(H,19,20,24). The molecule has 0 bridgehead atoms. The topological polar surface area (TPSA) is 59.4 Å². The van der Waals surface area contributed by atoms with E-state index in [9.17, 15) is 13.2 Å². The van der Waals surface area contributed by atoms with Gasteiger partial charge in [0, 0.05) is 18.3 Å². The van der Waals surface area contributed by atoms with Crippen molar-refractivity contribution in [1.82, 2.24) is 24.7 Å². The van der Waals surface area contributed by atoms with E-state index in [4.69, 9.17) is 23.8 Å². The molecule has 2 aromatic heterocycles. The molecule has 0 aliphatic carbocycles. The van der Waals surface area contributed by atoms with Gasteiger partial charge in [0.05, 0.1) is 10.6 Å². The minimum absolute atomic E-state index is 0.0786. The fourth-order valence-corrected chi connectivity index (χ4v) is 3.20. The van der Waals surface area contributed by atoms with Gasteiger partial charge in [-0.3, -0.25) is 0 Å². The number of nitrogens with zero attached hydrogens (tertiary/aromatic N) is 4. The van der Waals surface area contributed by atoms with Crippen LogP contribution in [0.1, 0.15) is 5.82 Å². The Bertz CT molecular complexity index is 966. The van der Waals surface area contributed by atoms with Crippen LogP contribution in [0.15, 0.2) is 40.5 Å². The summed E-state index contributed by atoms with van der Waals surface area (Å²) in [6.45, 7) is 0. The molecule has 0 aliphatic heterocycles. The molecule has 2 heterocycles. The van der Waals surface area contributed by atoms with E-state index in [0.29, 0.717) is 15.6 Å². The Morgan fingerprint density at radius 1 is 1.20 bits per heavy atom. The van der Waals surface area contributed by atoms with E-state index in [-0.39, 0.29) is 9.93 Å². The summed E-state index contributed by atoms with van der Waals surface area (Å²) in [6, 6.07) is 6.94. The predicted molar refractivity (Wildman–Crippen MR) is 90.0 cm³/mol. The number of halogens is 4. The lowest BCUT2D eigenvalue weighted by atomic mass is 10.1. The number of nitrogens with one attached hydrogen (secondary N) is 1. The third kappa shape index (κ3) is 3.86. The lowest BCUT2D eigenvalue weighted by Gasteiger charge is -2.09. The monoisotopic (exact) mass is 403 g/mol. The highest BCUT2D eigenvalue weighted by atomic mass is 35.5. The van der Waals surface area contributed by atoms with Crippen LogP contribution >= 0.6 is 35.6 Å². The maximum absolute atomic E-state index is 12.9. The van der Waals surface area contributed by atoms with Crippen molar-refractivity contribution in [3.05, 3.63) is 46.1 Å². The molecule has 0 spiro atoms. The van der Waals surface area contributed by atoms with Gasteiger partial charge in [-0.15, -0.1) is 10.2 Å². The van der Waals surface area contributed by atoms with Gasteiger partial charge in [0.25, 0.3) is 0 Å². The third-order valence-corrected chi connectivity index (χ3v) is 4.73. The van der Waals surface area contributed by atoms with E-state index < -0.39 is 12.0 Å². The number of aromatic amines is 1.